The molecule has 2 unspecified atom stereocenters. The second-order valence-corrected chi connectivity index (χ2v) is 6.99. The van der Waals surface area contributed by atoms with Gasteiger partial charge in [-0.1, -0.05) is 12.1 Å². The molecule has 2 aromatic rings. The highest BCUT2D eigenvalue weighted by atomic mass is 19.3. The van der Waals surface area contributed by atoms with E-state index in [1.165, 1.54) is 12.1 Å². The molecule has 2 atom stereocenters. The van der Waals surface area contributed by atoms with Crippen molar-refractivity contribution >= 4 is 5.96 Å². The topological polar surface area (TPSA) is 86.9 Å². The van der Waals surface area contributed by atoms with Crippen LogP contribution in [0.3, 0.4) is 0 Å². The van der Waals surface area contributed by atoms with Crippen molar-refractivity contribution in [1.29, 1.82) is 0 Å². The zero-order valence-electron chi connectivity index (χ0n) is 17.7. The number of ether oxygens (including phenoxy) is 1. The SMILES string of the molecule is CCNC(=NCC(c1cnn(C)c1)N(C)C)NCC(O)c1ccc(OC(F)F)cc1. The largest absolute Gasteiger partial charge is 0.435 e. The zero-order valence-corrected chi connectivity index (χ0v) is 17.7. The van der Waals surface area contributed by atoms with Crippen LogP contribution in [0.5, 0.6) is 5.75 Å². The first-order valence-electron chi connectivity index (χ1n) is 9.70. The molecule has 2 rings (SSSR count). The number of nitrogens with zero attached hydrogens (tertiary/aromatic N) is 4. The summed E-state index contributed by atoms with van der Waals surface area (Å²) >= 11 is 0. The van der Waals surface area contributed by atoms with Crippen LogP contribution >= 0.6 is 0 Å². The van der Waals surface area contributed by atoms with Crippen LogP contribution in [0.2, 0.25) is 0 Å². The Kier molecular flexibility index (Phi) is 9.00. The minimum Gasteiger partial charge on any atom is -0.435 e. The molecule has 3 N–H and O–H groups in total. The second-order valence-electron chi connectivity index (χ2n) is 6.99. The van der Waals surface area contributed by atoms with Crippen LogP contribution < -0.4 is 15.4 Å². The standard InChI is InChI=1S/C20H30F2N6O2/c1-5-23-20(24-11-17(27(2)3)15-10-26-28(4)13-15)25-12-18(29)14-6-8-16(9-7-14)30-19(21)22/h6-10,13,17-19,29H,5,11-12H2,1-4H3,(H2,23,24,25). The summed E-state index contributed by atoms with van der Waals surface area (Å²) in [6.07, 6.45) is 2.95. The van der Waals surface area contributed by atoms with Crippen LogP contribution in [0.15, 0.2) is 41.7 Å². The number of aryl methyl sites for hydroxylation is 1. The third kappa shape index (κ3) is 7.27. The molecule has 30 heavy (non-hydrogen) atoms. The fraction of sp³-hybridized carbons (Fsp3) is 0.500. The molecular formula is C20H30F2N6O2. The van der Waals surface area contributed by atoms with Crippen LogP contribution in [0.1, 0.15) is 30.2 Å². The van der Waals surface area contributed by atoms with Crippen LogP contribution in [0.4, 0.5) is 8.78 Å². The number of aliphatic hydroxyl groups excluding tert-OH is 1. The highest BCUT2D eigenvalue weighted by Gasteiger charge is 2.16. The number of likely N-dealkylation sites (N-methyl/N-ethyl adjacent to an activating group) is 1. The number of hydrogen-bond acceptors (Lipinski definition) is 5. The quantitative estimate of drug-likeness (QED) is 0.399. The highest BCUT2D eigenvalue weighted by molar-refractivity contribution is 5.79. The summed E-state index contributed by atoms with van der Waals surface area (Å²) in [4.78, 5) is 6.71. The van der Waals surface area contributed by atoms with Crippen molar-refractivity contribution in [2.75, 3.05) is 33.7 Å². The number of aliphatic imine (C=N–C) groups is 1. The van der Waals surface area contributed by atoms with Gasteiger partial charge in [0.05, 0.1) is 24.9 Å². The number of aromatic nitrogens is 2. The molecule has 10 heteroatoms. The first-order valence-corrected chi connectivity index (χ1v) is 9.70. The summed E-state index contributed by atoms with van der Waals surface area (Å²) in [5, 5.41) is 20.9. The van der Waals surface area contributed by atoms with Crippen LogP contribution in [-0.2, 0) is 7.05 Å². The van der Waals surface area contributed by atoms with E-state index in [1.807, 2.05) is 40.5 Å². The minimum atomic E-state index is -2.88. The van der Waals surface area contributed by atoms with E-state index in [4.69, 9.17) is 0 Å². The van der Waals surface area contributed by atoms with Crippen molar-refractivity contribution in [3.63, 3.8) is 0 Å². The monoisotopic (exact) mass is 424 g/mol. The van der Waals surface area contributed by atoms with Gasteiger partial charge in [0, 0.05) is 31.9 Å². The molecule has 0 spiro atoms. The van der Waals surface area contributed by atoms with E-state index >= 15 is 0 Å². The van der Waals surface area contributed by atoms with Crippen molar-refractivity contribution in [3.05, 3.63) is 47.8 Å². The van der Waals surface area contributed by atoms with E-state index < -0.39 is 12.7 Å². The Morgan fingerprint density at radius 1 is 1.23 bits per heavy atom. The van der Waals surface area contributed by atoms with Gasteiger partial charge in [0.1, 0.15) is 5.75 Å². The molecule has 8 nitrogen and oxygen atoms in total. The molecule has 1 heterocycles. The maximum absolute atomic E-state index is 12.2. The molecule has 0 amide bonds. The van der Waals surface area contributed by atoms with Crippen LogP contribution in [0, 0.1) is 0 Å². The number of benzene rings is 1. The molecule has 0 aliphatic rings. The smallest absolute Gasteiger partial charge is 0.387 e. The summed E-state index contributed by atoms with van der Waals surface area (Å²) in [6, 6.07) is 5.97. The third-order valence-electron chi connectivity index (χ3n) is 4.45. The molecule has 0 bridgehead atoms. The normalized spacial score (nSPS) is 14.1. The summed E-state index contributed by atoms with van der Waals surface area (Å²) in [7, 11) is 5.84. The van der Waals surface area contributed by atoms with Gasteiger partial charge in [-0.25, -0.2) is 0 Å². The van der Waals surface area contributed by atoms with Crippen molar-refractivity contribution < 1.29 is 18.6 Å². The number of alkyl halides is 2. The lowest BCUT2D eigenvalue weighted by Gasteiger charge is -2.22. The Labute approximate surface area is 175 Å². The summed E-state index contributed by atoms with van der Waals surface area (Å²) in [5.74, 6) is 0.624. The van der Waals surface area contributed by atoms with E-state index in [2.05, 4.69) is 30.4 Å². The molecule has 0 saturated carbocycles. The fourth-order valence-electron chi connectivity index (χ4n) is 2.88. The molecule has 0 radical (unpaired) electrons. The van der Waals surface area contributed by atoms with Gasteiger partial charge in [0.2, 0.25) is 0 Å². The average molecular weight is 424 g/mol. The molecule has 0 fully saturated rings. The van der Waals surface area contributed by atoms with E-state index in [9.17, 15) is 13.9 Å². The lowest BCUT2D eigenvalue weighted by atomic mass is 10.1. The Hall–Kier alpha value is -2.72. The van der Waals surface area contributed by atoms with Gasteiger partial charge >= 0.3 is 6.61 Å². The van der Waals surface area contributed by atoms with Crippen molar-refractivity contribution in [2.24, 2.45) is 12.0 Å². The predicted octanol–water partition coefficient (Wildman–Crippen LogP) is 1.91. The lowest BCUT2D eigenvalue weighted by molar-refractivity contribution is -0.0498. The van der Waals surface area contributed by atoms with Gasteiger partial charge in [-0.2, -0.15) is 13.9 Å². The Morgan fingerprint density at radius 3 is 2.47 bits per heavy atom. The molecule has 166 valence electrons. The molecule has 0 aliphatic carbocycles. The van der Waals surface area contributed by atoms with E-state index in [0.29, 0.717) is 24.6 Å². The number of halogens is 2. The highest BCUT2D eigenvalue weighted by Crippen LogP contribution is 2.19. The number of aliphatic hydroxyl groups is 1. The van der Waals surface area contributed by atoms with Gasteiger partial charge in [0.25, 0.3) is 0 Å². The van der Waals surface area contributed by atoms with Crippen LogP contribution in [0.25, 0.3) is 0 Å². The van der Waals surface area contributed by atoms with Gasteiger partial charge in [0.15, 0.2) is 5.96 Å². The number of nitrogens with one attached hydrogen (secondary N) is 2. The number of guanidine groups is 1. The third-order valence-corrected chi connectivity index (χ3v) is 4.45. The molecule has 0 aliphatic heterocycles. The lowest BCUT2D eigenvalue weighted by Crippen LogP contribution is -2.40. The van der Waals surface area contributed by atoms with E-state index in [0.717, 1.165) is 5.56 Å². The molecule has 1 aromatic heterocycles. The summed E-state index contributed by atoms with van der Waals surface area (Å²) in [6.45, 7) is 0.463. The summed E-state index contributed by atoms with van der Waals surface area (Å²) in [5.41, 5.74) is 1.65. The Morgan fingerprint density at radius 2 is 1.93 bits per heavy atom. The molecule has 1 aromatic carbocycles. The van der Waals surface area contributed by atoms with E-state index in [1.54, 1.807) is 16.8 Å². The molecular weight excluding hydrogens is 394 g/mol. The van der Waals surface area contributed by atoms with E-state index in [-0.39, 0.29) is 18.3 Å². The van der Waals surface area contributed by atoms with Crippen molar-refractivity contribution in [1.82, 2.24) is 25.3 Å². The predicted molar refractivity (Wildman–Crippen MR) is 112 cm³/mol. The van der Waals surface area contributed by atoms with Gasteiger partial charge in [-0.05, 0) is 38.7 Å². The van der Waals surface area contributed by atoms with Crippen molar-refractivity contribution in [3.8, 4) is 5.75 Å². The van der Waals surface area contributed by atoms with Gasteiger partial charge in [-0.3, -0.25) is 9.67 Å². The van der Waals surface area contributed by atoms with Gasteiger partial charge in [-0.15, -0.1) is 0 Å². The number of hydrogen-bond donors (Lipinski definition) is 3. The second kappa shape index (κ2) is 11.5. The molecule has 0 saturated heterocycles. The maximum atomic E-state index is 12.2. The first kappa shape index (κ1) is 23.6. The Bertz CT molecular complexity index is 795. The maximum Gasteiger partial charge on any atom is 0.387 e. The van der Waals surface area contributed by atoms with Crippen LogP contribution in [-0.4, -0.2) is 66.1 Å². The Balaban J connectivity index is 1.98. The fourth-order valence-corrected chi connectivity index (χ4v) is 2.88. The summed E-state index contributed by atoms with van der Waals surface area (Å²) < 4.78 is 30.6. The number of rotatable bonds is 10. The van der Waals surface area contributed by atoms with Gasteiger partial charge < -0.3 is 25.4 Å². The average Bonchev–Trinajstić information content (AvgIpc) is 3.11. The zero-order chi connectivity index (χ0) is 22.1. The van der Waals surface area contributed by atoms with Crippen molar-refractivity contribution in [2.45, 2.75) is 25.7 Å². The minimum absolute atomic E-state index is 0.0499. The first-order chi connectivity index (χ1) is 14.3.